The Bertz CT molecular complexity index is 2860. The van der Waals surface area contributed by atoms with Gasteiger partial charge in [-0.1, -0.05) is 167 Å². The minimum absolute atomic E-state index is 0.123. The van der Waals surface area contributed by atoms with E-state index in [2.05, 4.69) is 197 Å². The molecular formula is C59H50N2. The molecule has 1 fully saturated rings. The van der Waals surface area contributed by atoms with Crippen molar-refractivity contribution >= 4 is 0 Å². The predicted molar refractivity (Wildman–Crippen MR) is 254 cm³/mol. The predicted octanol–water partition coefficient (Wildman–Crippen LogP) is 15.7. The van der Waals surface area contributed by atoms with Crippen LogP contribution in [0.15, 0.2) is 182 Å². The van der Waals surface area contributed by atoms with Crippen LogP contribution in [-0.4, -0.2) is 4.98 Å². The number of benzene rings is 7. The molecule has 0 aliphatic heterocycles. The van der Waals surface area contributed by atoms with Crippen LogP contribution >= 0.6 is 0 Å². The molecule has 0 radical (unpaired) electrons. The molecule has 0 amide bonds. The van der Waals surface area contributed by atoms with Gasteiger partial charge in [0.1, 0.15) is 0 Å². The van der Waals surface area contributed by atoms with Gasteiger partial charge in [-0.25, -0.2) is 4.98 Å². The van der Waals surface area contributed by atoms with Crippen LogP contribution in [0.5, 0.6) is 0 Å². The number of hydrogen-bond acceptors (Lipinski definition) is 2. The minimum Gasteiger partial charge on any atom is -0.248 e. The molecule has 1 saturated carbocycles. The second-order valence-electron chi connectivity index (χ2n) is 17.6. The Morgan fingerprint density at radius 1 is 0.508 bits per heavy atom. The summed E-state index contributed by atoms with van der Waals surface area (Å²) in [5, 5.41) is 9.61. The Hall–Kier alpha value is -6.82. The Labute approximate surface area is 361 Å². The Kier molecular flexibility index (Phi) is 10.1. The maximum atomic E-state index is 9.61. The number of pyridine rings is 1. The summed E-state index contributed by atoms with van der Waals surface area (Å²) >= 11 is 0. The molecule has 4 atom stereocenters. The van der Waals surface area contributed by atoms with Crippen molar-refractivity contribution in [1.82, 2.24) is 4.98 Å². The lowest BCUT2D eigenvalue weighted by Gasteiger charge is -2.40. The first-order valence-electron chi connectivity index (χ1n) is 22.0. The van der Waals surface area contributed by atoms with Gasteiger partial charge in [0.05, 0.1) is 23.0 Å². The van der Waals surface area contributed by atoms with Crippen LogP contribution in [0.1, 0.15) is 63.1 Å². The molecular weight excluding hydrogens is 737 g/mol. The Morgan fingerprint density at radius 2 is 1.03 bits per heavy atom. The van der Waals surface area contributed by atoms with E-state index >= 15 is 0 Å². The van der Waals surface area contributed by atoms with Crippen LogP contribution in [0.25, 0.3) is 78.1 Å². The highest BCUT2D eigenvalue weighted by atomic mass is 14.7. The first-order valence-corrected chi connectivity index (χ1v) is 22.0. The second-order valence-corrected chi connectivity index (χ2v) is 17.6. The molecule has 61 heavy (non-hydrogen) atoms. The van der Waals surface area contributed by atoms with E-state index in [4.69, 9.17) is 4.98 Å². The van der Waals surface area contributed by atoms with Gasteiger partial charge in [-0.15, -0.1) is 0 Å². The summed E-state index contributed by atoms with van der Waals surface area (Å²) in [6.45, 7) is 7.40. The molecule has 8 aromatic rings. The fourth-order valence-corrected chi connectivity index (χ4v) is 10.9. The van der Waals surface area contributed by atoms with E-state index in [0.717, 1.165) is 46.0 Å². The van der Waals surface area contributed by atoms with Crippen molar-refractivity contribution in [3.8, 4) is 84.2 Å². The van der Waals surface area contributed by atoms with E-state index in [0.29, 0.717) is 17.4 Å². The lowest BCUT2D eigenvalue weighted by atomic mass is 9.63. The quantitative estimate of drug-likeness (QED) is 0.161. The van der Waals surface area contributed by atoms with E-state index in [9.17, 15) is 5.26 Å². The number of aromatic nitrogens is 1. The van der Waals surface area contributed by atoms with Gasteiger partial charge in [0.15, 0.2) is 0 Å². The van der Waals surface area contributed by atoms with Crippen molar-refractivity contribution in [2.75, 3.05) is 0 Å². The molecule has 2 heteroatoms. The fourth-order valence-electron chi connectivity index (χ4n) is 10.9. The minimum atomic E-state index is -0.123. The van der Waals surface area contributed by atoms with Gasteiger partial charge in [0, 0.05) is 16.5 Å². The summed E-state index contributed by atoms with van der Waals surface area (Å²) in [5.74, 6) is 1.77. The Morgan fingerprint density at radius 3 is 1.62 bits per heavy atom. The molecule has 1 spiro atoms. The number of fused-ring (bicyclic) bond motifs is 5. The molecule has 7 aromatic carbocycles. The highest BCUT2D eigenvalue weighted by Crippen LogP contribution is 2.61. The van der Waals surface area contributed by atoms with E-state index in [1.807, 2.05) is 12.1 Å². The van der Waals surface area contributed by atoms with Crippen molar-refractivity contribution in [1.29, 1.82) is 5.26 Å². The fraction of sp³-hybridized carbons (Fsp3) is 0.186. The smallest absolute Gasteiger partial charge is 0.0991 e. The summed E-state index contributed by atoms with van der Waals surface area (Å²) < 4.78 is 0. The average molecular weight is 787 g/mol. The molecule has 2 aliphatic carbocycles. The third-order valence-corrected chi connectivity index (χ3v) is 13.8. The highest BCUT2D eigenvalue weighted by molar-refractivity contribution is 5.91. The number of nitriles is 1. The van der Waals surface area contributed by atoms with E-state index < -0.39 is 0 Å². The lowest BCUT2D eigenvalue weighted by molar-refractivity contribution is 0.296. The molecule has 2 aliphatic rings. The van der Waals surface area contributed by atoms with Crippen molar-refractivity contribution in [3.63, 3.8) is 0 Å². The van der Waals surface area contributed by atoms with Gasteiger partial charge in [-0.2, -0.15) is 5.26 Å². The average Bonchev–Trinajstić information content (AvgIpc) is 3.53. The first-order chi connectivity index (χ1) is 29.9. The van der Waals surface area contributed by atoms with Crippen molar-refractivity contribution in [2.24, 2.45) is 17.8 Å². The summed E-state index contributed by atoms with van der Waals surface area (Å²) in [5.41, 5.74) is 20.1. The van der Waals surface area contributed by atoms with Crippen LogP contribution in [0.2, 0.25) is 0 Å². The molecule has 1 aromatic heterocycles. The molecule has 1 heterocycles. The molecule has 2 nitrogen and oxygen atoms in total. The summed E-state index contributed by atoms with van der Waals surface area (Å²) in [7, 11) is 0. The zero-order chi connectivity index (χ0) is 41.5. The third kappa shape index (κ3) is 6.99. The van der Waals surface area contributed by atoms with Crippen LogP contribution < -0.4 is 0 Å². The zero-order valence-electron chi connectivity index (χ0n) is 35.3. The van der Waals surface area contributed by atoms with Gasteiger partial charge >= 0.3 is 0 Å². The number of hydrogen-bond donors (Lipinski definition) is 0. The maximum Gasteiger partial charge on any atom is 0.0991 e. The number of nitrogens with zero attached hydrogens (tertiary/aromatic N) is 2. The molecule has 0 saturated heterocycles. The molecule has 4 unspecified atom stereocenters. The SMILES string of the molecule is CCC1CC(C)CC2(c3cc(-c4cccc(-c5cccc(-c6cc(-c7ccccc7)nc(-c7ccccc7)c6)c5)c4)ccc3-c3cccc(-c4ccc(C#N)cc4)c32)C(C)C1. The second kappa shape index (κ2) is 16.0. The van der Waals surface area contributed by atoms with Crippen LogP contribution in [0.3, 0.4) is 0 Å². The van der Waals surface area contributed by atoms with E-state index in [1.54, 1.807) is 0 Å². The maximum absolute atomic E-state index is 9.61. The molecule has 0 bridgehead atoms. The van der Waals surface area contributed by atoms with Gasteiger partial charge in [-0.3, -0.25) is 0 Å². The van der Waals surface area contributed by atoms with Crippen LogP contribution in [0.4, 0.5) is 0 Å². The van der Waals surface area contributed by atoms with E-state index in [-0.39, 0.29) is 5.41 Å². The van der Waals surface area contributed by atoms with Gasteiger partial charge < -0.3 is 0 Å². The normalized spacial score (nSPS) is 19.1. The molecule has 10 rings (SSSR count). The monoisotopic (exact) mass is 786 g/mol. The first kappa shape index (κ1) is 38.4. The summed E-state index contributed by atoms with van der Waals surface area (Å²) in [6, 6.07) is 68.2. The van der Waals surface area contributed by atoms with E-state index in [1.165, 1.54) is 74.9 Å². The largest absolute Gasteiger partial charge is 0.248 e. The van der Waals surface area contributed by atoms with Gasteiger partial charge in [0.2, 0.25) is 0 Å². The van der Waals surface area contributed by atoms with Gasteiger partial charge in [0.25, 0.3) is 0 Å². The number of rotatable bonds is 7. The highest BCUT2D eigenvalue weighted by Gasteiger charge is 2.50. The lowest BCUT2D eigenvalue weighted by Crippen LogP contribution is -2.34. The summed E-state index contributed by atoms with van der Waals surface area (Å²) in [6.07, 6.45) is 4.84. The van der Waals surface area contributed by atoms with Crippen LogP contribution in [-0.2, 0) is 5.41 Å². The van der Waals surface area contributed by atoms with Crippen LogP contribution in [0, 0.1) is 29.1 Å². The zero-order valence-corrected chi connectivity index (χ0v) is 35.3. The summed E-state index contributed by atoms with van der Waals surface area (Å²) in [4.78, 5) is 5.13. The molecule has 296 valence electrons. The van der Waals surface area contributed by atoms with Crippen molar-refractivity contribution in [3.05, 3.63) is 199 Å². The Balaban J connectivity index is 1.07. The molecule has 0 N–H and O–H groups in total. The third-order valence-electron chi connectivity index (χ3n) is 13.8. The van der Waals surface area contributed by atoms with Crippen molar-refractivity contribution in [2.45, 2.75) is 51.9 Å². The standard InChI is InChI=1S/C59H50N2/c1-4-41-30-39(2)37-59(40(3)31-41)55-34-50(28-29-53(55)54-23-13-22-52(58(54)59)43-26-24-42(38-60)25-27-43)48-20-11-18-46(32-48)47-19-12-21-49(33-47)51-35-56(44-14-7-5-8-15-44)61-57(36-51)45-16-9-6-10-17-45/h5-29,32-36,39-41H,4,30-31,37H2,1-3H3. The van der Waals surface area contributed by atoms with Gasteiger partial charge in [-0.05, 0) is 146 Å². The topological polar surface area (TPSA) is 36.7 Å². The van der Waals surface area contributed by atoms with Crippen molar-refractivity contribution < 1.29 is 0 Å².